The van der Waals surface area contributed by atoms with Crippen molar-refractivity contribution in [1.29, 1.82) is 0 Å². The van der Waals surface area contributed by atoms with Crippen molar-refractivity contribution in [1.82, 2.24) is 4.72 Å². The van der Waals surface area contributed by atoms with E-state index in [0.29, 0.717) is 6.54 Å². The van der Waals surface area contributed by atoms with E-state index in [4.69, 9.17) is 0 Å². The van der Waals surface area contributed by atoms with Crippen molar-refractivity contribution in [2.24, 2.45) is 7.05 Å². The summed E-state index contributed by atoms with van der Waals surface area (Å²) in [7, 11) is -8.97. The Kier molecular flexibility index (Phi) is 15.9. The molecule has 39 heavy (non-hydrogen) atoms. The molecule has 2 aromatic carbocycles. The van der Waals surface area contributed by atoms with Crippen LogP contribution in [0.4, 0.5) is 12.9 Å². The Balaban J connectivity index is 0.000000578. The second-order valence-electron chi connectivity index (χ2n) is 7.33. The zero-order valence-electron chi connectivity index (χ0n) is 21.0. The van der Waals surface area contributed by atoms with E-state index in [1.165, 1.54) is 17.1 Å². The number of benzene rings is 2. The quantitative estimate of drug-likeness (QED) is 0.141. The van der Waals surface area contributed by atoms with Crippen molar-refractivity contribution in [3.8, 4) is 0 Å². The minimum Gasteiger partial charge on any atom is -1.00 e. The van der Waals surface area contributed by atoms with E-state index < -0.39 is 33.6 Å². The molecule has 1 amide bonds. The van der Waals surface area contributed by atoms with Crippen molar-refractivity contribution in [2.75, 3.05) is 12.0 Å². The van der Waals surface area contributed by atoms with Crippen molar-refractivity contribution in [3.05, 3.63) is 59.6 Å². The number of thiazole rings is 2. The van der Waals surface area contributed by atoms with Gasteiger partial charge in [-0.1, -0.05) is 53.9 Å². The molecule has 0 unspecified atom stereocenters. The average Bonchev–Trinajstić information content (AvgIpc) is 3.40. The number of hydrogen-bond acceptors (Lipinski definition) is 8. The van der Waals surface area contributed by atoms with Crippen molar-refractivity contribution in [3.63, 3.8) is 0 Å². The fourth-order valence-corrected chi connectivity index (χ4v) is 4.98. The Morgan fingerprint density at radius 2 is 1.38 bits per heavy atom. The number of para-hydroxylation sites is 2. The van der Waals surface area contributed by atoms with Gasteiger partial charge in [-0.3, -0.25) is 22.5 Å². The van der Waals surface area contributed by atoms with Gasteiger partial charge >= 0.3 is 7.54 Å². The molecule has 4 rings (SSSR count). The van der Waals surface area contributed by atoms with Crippen LogP contribution >= 0.6 is 22.7 Å². The summed E-state index contributed by atoms with van der Waals surface area (Å²) in [5.74, 6) is -0.798. The molecule has 0 fully saturated rings. The Hall–Kier alpha value is -2.67. The van der Waals surface area contributed by atoms with E-state index in [0.717, 1.165) is 16.5 Å². The van der Waals surface area contributed by atoms with Crippen molar-refractivity contribution in [2.45, 2.75) is 19.9 Å². The maximum atomic E-state index is 11.4. The van der Waals surface area contributed by atoms with Crippen LogP contribution in [0.15, 0.2) is 59.6 Å². The monoisotopic (exact) mass is 631 g/mol. The third-order valence-corrected chi connectivity index (χ3v) is 7.58. The fraction of sp³-hybridized carbons (Fsp3) is 0.286. The first-order valence-corrected chi connectivity index (χ1v) is 15.9. The molecule has 9 nitrogen and oxygen atoms in total. The van der Waals surface area contributed by atoms with E-state index >= 15 is 0 Å². The summed E-state index contributed by atoms with van der Waals surface area (Å²) < 4.78 is 87.6. The lowest BCUT2D eigenvalue weighted by Crippen LogP contribution is -3.00. The number of nitrogens with one attached hydrogen (secondary N) is 1. The van der Waals surface area contributed by atoms with Gasteiger partial charge in [-0.05, 0) is 12.1 Å². The summed E-state index contributed by atoms with van der Waals surface area (Å²) in [5, 5.41) is 0. The maximum absolute atomic E-state index is 11.4. The predicted molar refractivity (Wildman–Crippen MR) is 142 cm³/mol. The summed E-state index contributed by atoms with van der Waals surface area (Å²) in [6.45, 7) is 1.77. The Labute approximate surface area is 232 Å². The van der Waals surface area contributed by atoms with Crippen LogP contribution in [0.3, 0.4) is 0 Å². The van der Waals surface area contributed by atoms with Crippen LogP contribution in [-0.4, -0.2) is 46.8 Å². The van der Waals surface area contributed by atoms with Crippen molar-refractivity contribution >= 4 is 76.7 Å². The smallest absolute Gasteiger partial charge is 0.762 e. The highest BCUT2D eigenvalue weighted by Crippen LogP contribution is 2.15. The normalized spacial score (nSPS) is 10.5. The lowest BCUT2D eigenvalue weighted by atomic mass is 10.3. The zero-order valence-corrected chi connectivity index (χ0v) is 24.2. The van der Waals surface area contributed by atoms with Gasteiger partial charge in [0.2, 0.25) is 38.0 Å². The number of nitrogens with zero attached hydrogens (tertiary/aromatic N) is 2. The third-order valence-electron chi connectivity index (χ3n) is 4.30. The predicted octanol–water partition coefficient (Wildman–Crippen LogP) is -0.184. The fourth-order valence-electron chi connectivity index (χ4n) is 2.67. The molecule has 0 bridgehead atoms. The van der Waals surface area contributed by atoms with Gasteiger partial charge in [0.1, 0.15) is 16.4 Å². The second kappa shape index (κ2) is 17.1. The van der Waals surface area contributed by atoms with Crippen LogP contribution in [0, 0.1) is 0 Å². The number of aryl methyl sites for hydroxylation is 2. The van der Waals surface area contributed by atoms with E-state index in [1.54, 1.807) is 22.7 Å². The molecule has 4 aromatic rings. The minimum atomic E-state index is -3.91. The highest BCUT2D eigenvalue weighted by molar-refractivity contribution is 7.89. The van der Waals surface area contributed by atoms with Crippen LogP contribution < -0.4 is 18.6 Å². The molecular weight excluding hydrogens is 605 g/mol. The minimum absolute atomic E-state index is 0. The maximum Gasteiger partial charge on any atom is 0.762 e. The highest BCUT2D eigenvalue weighted by Gasteiger charge is 2.14. The molecule has 0 atom stereocenters. The lowest BCUT2D eigenvalue weighted by Gasteiger charge is -1.99. The Morgan fingerprint density at radius 3 is 1.85 bits per heavy atom. The Bertz CT molecular complexity index is 1530. The number of fused-ring (bicyclic) bond motifs is 2. The molecule has 0 aliphatic carbocycles. The molecule has 2 aromatic heterocycles. The van der Waals surface area contributed by atoms with Crippen LogP contribution in [0.1, 0.15) is 13.3 Å². The summed E-state index contributed by atoms with van der Waals surface area (Å²) in [6, 6.07) is 16.3. The number of hydrogen-bond donors (Lipinski definition) is 1. The van der Waals surface area contributed by atoms with Crippen LogP contribution in [0.5, 0.6) is 0 Å². The topological polar surface area (TPSA) is 128 Å². The van der Waals surface area contributed by atoms with Gasteiger partial charge in [-0.2, -0.15) is 9.13 Å². The molecule has 0 spiro atoms. The molecular formula is C21H26BF4N3O6S4. The SMILES string of the molecule is CCS(=O)(=O)[O-].CS(=O)(=O)NC(=O)CC[n+]1csc2ccccc21.C[n+]1csc2ccccc21.FB(F)F.[F-]. The molecule has 0 saturated heterocycles. The first-order valence-electron chi connectivity index (χ1n) is 10.7. The number of aromatic nitrogens is 2. The molecule has 216 valence electrons. The van der Waals surface area contributed by atoms with E-state index in [2.05, 4.69) is 41.4 Å². The van der Waals surface area contributed by atoms with Crippen LogP contribution in [0.25, 0.3) is 20.4 Å². The summed E-state index contributed by atoms with van der Waals surface area (Å²) in [4.78, 5) is 11.4. The van der Waals surface area contributed by atoms with E-state index in [9.17, 15) is 39.1 Å². The zero-order chi connectivity index (χ0) is 28.9. The number of carbonyl (C=O) groups is 1. The number of carbonyl (C=O) groups excluding carboxylic acids is 1. The summed E-state index contributed by atoms with van der Waals surface area (Å²) in [5.41, 5.74) is 6.41. The molecule has 0 radical (unpaired) electrons. The average molecular weight is 632 g/mol. The highest BCUT2D eigenvalue weighted by atomic mass is 32.2. The standard InChI is InChI=1S/C11H12N2O3S2.C8H8NS.C2H6O3S.BF3.FH/c1-18(15,16)12-11(14)6-7-13-8-17-10-5-3-2-4-9(10)13;1-9-6-10-8-5-3-2-4-7(8)9;1-2-6(3,4)5;2-1(3)4;/h2-5,8H,6-7H2,1H3;2-6H,1H3;2H2,1H3,(H,3,4,5);;1H/q;+1;;;/p-1. The largest absolute Gasteiger partial charge is 1.00 e. The summed E-state index contributed by atoms with van der Waals surface area (Å²) in [6.07, 6.45) is 1.11. The number of amides is 1. The molecule has 0 aliphatic rings. The molecule has 0 saturated carbocycles. The number of rotatable bonds is 5. The van der Waals surface area contributed by atoms with Gasteiger partial charge in [0.15, 0.2) is 6.54 Å². The number of sulfonamides is 1. The van der Waals surface area contributed by atoms with Crippen molar-refractivity contribution < 1.29 is 53.0 Å². The van der Waals surface area contributed by atoms with Gasteiger partial charge in [0.25, 0.3) is 0 Å². The Morgan fingerprint density at radius 1 is 0.949 bits per heavy atom. The summed E-state index contributed by atoms with van der Waals surface area (Å²) >= 11 is 3.37. The van der Waals surface area contributed by atoms with E-state index in [1.807, 2.05) is 39.1 Å². The van der Waals surface area contributed by atoms with Gasteiger partial charge < -0.3 is 9.26 Å². The molecule has 2 heterocycles. The number of halogens is 4. The van der Waals surface area contributed by atoms with Crippen LogP contribution in [0.2, 0.25) is 0 Å². The first-order chi connectivity index (χ1) is 17.6. The van der Waals surface area contributed by atoms with Gasteiger partial charge in [-0.15, -0.1) is 0 Å². The molecule has 18 heteroatoms. The van der Waals surface area contributed by atoms with E-state index in [-0.39, 0.29) is 16.9 Å². The van der Waals surface area contributed by atoms with Gasteiger partial charge in [-0.25, -0.2) is 16.8 Å². The van der Waals surface area contributed by atoms with Crippen LogP contribution in [-0.2, 0) is 38.5 Å². The third kappa shape index (κ3) is 15.5. The molecule has 0 aliphatic heterocycles. The molecule has 1 N–H and O–H groups in total. The lowest BCUT2D eigenvalue weighted by molar-refractivity contribution is -0.665. The second-order valence-corrected chi connectivity index (χ2v) is 12.5. The van der Waals surface area contributed by atoms with Gasteiger partial charge in [0, 0.05) is 17.9 Å². The first kappa shape index (κ1) is 36.3. The van der Waals surface area contributed by atoms with Gasteiger partial charge in [0.05, 0.1) is 22.8 Å².